The molecule has 1 aliphatic rings. The quantitative estimate of drug-likeness (QED) is 0.597. The molecule has 0 bridgehead atoms. The zero-order valence-corrected chi connectivity index (χ0v) is 13.1. The summed E-state index contributed by atoms with van der Waals surface area (Å²) in [5.74, 6) is 0.122. The summed E-state index contributed by atoms with van der Waals surface area (Å²) in [7, 11) is -3.79. The highest BCUT2D eigenvalue weighted by Crippen LogP contribution is 2.34. The second kappa shape index (κ2) is 6.26. The van der Waals surface area contributed by atoms with Crippen LogP contribution in [0.5, 0.6) is 0 Å². The van der Waals surface area contributed by atoms with Gasteiger partial charge in [0, 0.05) is 25.1 Å². The van der Waals surface area contributed by atoms with Gasteiger partial charge in [0.05, 0.1) is 11.0 Å². The molecule has 3 N–H and O–H groups in total. The normalized spacial score (nSPS) is 22.5. The predicted octanol–water partition coefficient (Wildman–Crippen LogP) is 1.33. The molecule has 1 aliphatic heterocycles. The number of sulfonamides is 1. The van der Waals surface area contributed by atoms with Crippen LogP contribution in [-0.2, 0) is 14.8 Å². The summed E-state index contributed by atoms with van der Waals surface area (Å²) in [5, 5.41) is 10.6. The van der Waals surface area contributed by atoms with E-state index in [4.69, 9.17) is 10.5 Å². The van der Waals surface area contributed by atoms with E-state index in [1.54, 1.807) is 0 Å². The number of rotatable bonds is 6. The van der Waals surface area contributed by atoms with E-state index in [-0.39, 0.29) is 33.5 Å². The molecule has 0 aromatic carbocycles. The van der Waals surface area contributed by atoms with Crippen LogP contribution in [0.1, 0.15) is 19.8 Å². The van der Waals surface area contributed by atoms with Crippen LogP contribution in [-0.4, -0.2) is 32.6 Å². The lowest BCUT2D eigenvalue weighted by atomic mass is 10.0. The van der Waals surface area contributed by atoms with Crippen LogP contribution < -0.4 is 10.5 Å². The summed E-state index contributed by atoms with van der Waals surface area (Å²) in [6, 6.07) is 0.991. The van der Waals surface area contributed by atoms with Gasteiger partial charge in [0.15, 0.2) is 5.00 Å². The lowest BCUT2D eigenvalue weighted by Gasteiger charge is -2.16. The molecule has 1 fully saturated rings. The Hall–Kier alpha value is -1.23. The van der Waals surface area contributed by atoms with E-state index in [1.165, 1.54) is 0 Å². The Bertz CT molecular complexity index is 628. The first-order valence-electron chi connectivity index (χ1n) is 6.50. The van der Waals surface area contributed by atoms with Gasteiger partial charge in [-0.3, -0.25) is 10.1 Å². The van der Waals surface area contributed by atoms with Crippen LogP contribution in [0, 0.1) is 16.0 Å². The second-order valence-electron chi connectivity index (χ2n) is 4.79. The van der Waals surface area contributed by atoms with Gasteiger partial charge in [-0.2, -0.15) is 0 Å². The third-order valence-corrected chi connectivity index (χ3v) is 6.31. The lowest BCUT2D eigenvalue weighted by molar-refractivity contribution is -0.383. The number of nitrogens with two attached hydrogens (primary N) is 1. The maximum absolute atomic E-state index is 12.2. The second-order valence-corrected chi connectivity index (χ2v) is 7.87. The summed E-state index contributed by atoms with van der Waals surface area (Å²) in [4.78, 5) is 10.0. The summed E-state index contributed by atoms with van der Waals surface area (Å²) < 4.78 is 32.1. The minimum atomic E-state index is -3.79. The average Bonchev–Trinajstić information content (AvgIpc) is 3.02. The molecule has 0 spiro atoms. The molecule has 2 atom stereocenters. The van der Waals surface area contributed by atoms with Gasteiger partial charge in [0.1, 0.15) is 4.21 Å². The van der Waals surface area contributed by atoms with Crippen LogP contribution in [0.2, 0.25) is 0 Å². The maximum atomic E-state index is 12.2. The molecule has 0 radical (unpaired) electrons. The highest BCUT2D eigenvalue weighted by atomic mass is 32.2. The number of nitrogens with zero attached hydrogens (tertiary/aromatic N) is 1. The zero-order chi connectivity index (χ0) is 15.6. The molecular weight excluding hydrogens is 318 g/mol. The van der Waals surface area contributed by atoms with Gasteiger partial charge < -0.3 is 10.5 Å². The molecule has 2 unspecified atom stereocenters. The molecule has 2 heterocycles. The number of nitro groups is 1. The maximum Gasteiger partial charge on any atom is 0.304 e. The highest BCUT2D eigenvalue weighted by Gasteiger charge is 2.30. The third-order valence-electron chi connectivity index (χ3n) is 3.46. The molecule has 2 rings (SSSR count). The van der Waals surface area contributed by atoms with Gasteiger partial charge in [0.2, 0.25) is 10.0 Å². The van der Waals surface area contributed by atoms with Crippen molar-refractivity contribution < 1.29 is 18.1 Å². The fraction of sp³-hybridized carbons (Fsp3) is 0.636. The van der Waals surface area contributed by atoms with E-state index >= 15 is 0 Å². The lowest BCUT2D eigenvalue weighted by Crippen LogP contribution is -2.32. The molecule has 0 saturated carbocycles. The van der Waals surface area contributed by atoms with Crippen molar-refractivity contribution >= 4 is 32.0 Å². The van der Waals surface area contributed by atoms with Gasteiger partial charge >= 0.3 is 5.69 Å². The van der Waals surface area contributed by atoms with Crippen molar-refractivity contribution in [2.24, 2.45) is 5.92 Å². The standard InChI is InChI=1S/C11H17N3O5S2/c1-2-9-7(3-4-19-9)6-13-21(17,18)10-5-8(14(15)16)11(12)20-10/h5,7,9,13H,2-4,6,12H2,1H3. The topological polar surface area (TPSA) is 125 Å². The average molecular weight is 335 g/mol. The van der Waals surface area contributed by atoms with Gasteiger partial charge in [-0.15, -0.1) is 0 Å². The van der Waals surface area contributed by atoms with Crippen molar-refractivity contribution in [3.8, 4) is 0 Å². The molecule has 1 saturated heterocycles. The number of hydrogen-bond donors (Lipinski definition) is 2. The van der Waals surface area contributed by atoms with Crippen molar-refractivity contribution in [2.75, 3.05) is 18.9 Å². The Balaban J connectivity index is 2.08. The van der Waals surface area contributed by atoms with Crippen molar-refractivity contribution in [3.05, 3.63) is 16.2 Å². The van der Waals surface area contributed by atoms with Gasteiger partial charge in [-0.1, -0.05) is 18.3 Å². The predicted molar refractivity (Wildman–Crippen MR) is 78.7 cm³/mol. The smallest absolute Gasteiger partial charge is 0.304 e. The number of hydrogen-bond acceptors (Lipinski definition) is 7. The first-order chi connectivity index (χ1) is 9.85. The zero-order valence-electron chi connectivity index (χ0n) is 11.4. The largest absolute Gasteiger partial charge is 0.385 e. The number of nitrogen functional groups attached to an aromatic ring is 1. The molecule has 10 heteroatoms. The van der Waals surface area contributed by atoms with Crippen LogP contribution in [0.3, 0.4) is 0 Å². The minimum Gasteiger partial charge on any atom is -0.385 e. The Kier molecular flexibility index (Phi) is 4.81. The summed E-state index contributed by atoms with van der Waals surface area (Å²) >= 11 is 0.693. The molecule has 0 aliphatic carbocycles. The number of thiophene rings is 1. The van der Waals surface area contributed by atoms with E-state index < -0.39 is 14.9 Å². The first-order valence-corrected chi connectivity index (χ1v) is 8.80. The molecule has 0 amide bonds. The van der Waals surface area contributed by atoms with Gasteiger partial charge in [-0.25, -0.2) is 13.1 Å². The highest BCUT2D eigenvalue weighted by molar-refractivity contribution is 7.91. The first kappa shape index (κ1) is 16.1. The van der Waals surface area contributed by atoms with Crippen LogP contribution in [0.4, 0.5) is 10.7 Å². The Labute approximate surface area is 126 Å². The van der Waals surface area contributed by atoms with E-state index in [9.17, 15) is 18.5 Å². The Morgan fingerprint density at radius 3 is 2.90 bits per heavy atom. The Morgan fingerprint density at radius 1 is 1.62 bits per heavy atom. The molecule has 1 aromatic rings. The Morgan fingerprint density at radius 2 is 2.33 bits per heavy atom. The molecule has 21 heavy (non-hydrogen) atoms. The van der Waals surface area contributed by atoms with Crippen LogP contribution >= 0.6 is 11.3 Å². The fourth-order valence-corrected chi connectivity index (χ4v) is 4.67. The van der Waals surface area contributed by atoms with E-state index in [0.717, 1.165) is 18.9 Å². The minimum absolute atomic E-state index is 0.0513. The van der Waals surface area contributed by atoms with Crippen LogP contribution in [0.25, 0.3) is 0 Å². The summed E-state index contributed by atoms with van der Waals surface area (Å²) in [6.07, 6.45) is 1.67. The summed E-state index contributed by atoms with van der Waals surface area (Å²) in [6.45, 7) is 2.87. The summed E-state index contributed by atoms with van der Waals surface area (Å²) in [5.41, 5.74) is 5.09. The van der Waals surface area contributed by atoms with E-state index in [0.29, 0.717) is 17.9 Å². The van der Waals surface area contributed by atoms with Gasteiger partial charge in [-0.05, 0) is 12.8 Å². The number of anilines is 1. The number of nitrogens with one attached hydrogen (secondary N) is 1. The monoisotopic (exact) mass is 335 g/mol. The molecule has 8 nitrogen and oxygen atoms in total. The van der Waals surface area contributed by atoms with E-state index in [1.807, 2.05) is 6.92 Å². The van der Waals surface area contributed by atoms with Crippen molar-refractivity contribution in [3.63, 3.8) is 0 Å². The molecule has 1 aromatic heterocycles. The SMILES string of the molecule is CCC1OCCC1CNS(=O)(=O)c1cc([N+](=O)[O-])c(N)s1. The van der Waals surface area contributed by atoms with Crippen molar-refractivity contribution in [1.29, 1.82) is 0 Å². The fourth-order valence-electron chi connectivity index (χ4n) is 2.31. The van der Waals surface area contributed by atoms with Crippen molar-refractivity contribution in [1.82, 2.24) is 4.72 Å². The molecular formula is C11H17N3O5S2. The molecule has 118 valence electrons. The third kappa shape index (κ3) is 3.51. The van der Waals surface area contributed by atoms with Crippen molar-refractivity contribution in [2.45, 2.75) is 30.1 Å². The van der Waals surface area contributed by atoms with Crippen LogP contribution in [0.15, 0.2) is 10.3 Å². The van der Waals surface area contributed by atoms with E-state index in [2.05, 4.69) is 4.72 Å². The number of ether oxygens (including phenoxy) is 1. The van der Waals surface area contributed by atoms with Gasteiger partial charge in [0.25, 0.3) is 0 Å².